The van der Waals surface area contributed by atoms with Gasteiger partial charge in [-0.3, -0.25) is 4.98 Å². The molecule has 132 valence electrons. The van der Waals surface area contributed by atoms with E-state index in [1.165, 1.54) is 39.7 Å². The lowest BCUT2D eigenvalue weighted by molar-refractivity contribution is 0.324. The van der Waals surface area contributed by atoms with E-state index < -0.39 is 5.82 Å². The average Bonchev–Trinajstić information content (AvgIpc) is 2.67. The fourth-order valence-electron chi connectivity index (χ4n) is 2.68. The number of nitrogens with zero attached hydrogens (tertiary/aromatic N) is 2. The van der Waals surface area contributed by atoms with Crippen molar-refractivity contribution in [2.24, 2.45) is 0 Å². The molecule has 3 aromatic rings. The van der Waals surface area contributed by atoms with Crippen LogP contribution in [0.4, 0.5) is 15.8 Å². The van der Waals surface area contributed by atoms with Crippen LogP contribution in [0.5, 0.6) is 17.2 Å². The summed E-state index contributed by atoms with van der Waals surface area (Å²) in [4.78, 5) is 4.19. The molecule has 0 fully saturated rings. The first kappa shape index (κ1) is 17.3. The zero-order valence-corrected chi connectivity index (χ0v) is 14.5. The number of halogens is 1. The molecule has 0 aliphatic rings. The van der Waals surface area contributed by atoms with Crippen molar-refractivity contribution in [1.82, 2.24) is 4.98 Å². The maximum absolute atomic E-state index is 13.7. The summed E-state index contributed by atoms with van der Waals surface area (Å²) in [5.41, 5.74) is 1.90. The lowest BCUT2D eigenvalue weighted by Gasteiger charge is -2.16. The Labute approximate surface area is 149 Å². The number of anilines is 2. The van der Waals surface area contributed by atoms with Crippen LogP contribution in [0.25, 0.3) is 10.9 Å². The summed E-state index contributed by atoms with van der Waals surface area (Å²) in [5.74, 6) is 0.948. The maximum atomic E-state index is 13.7. The van der Waals surface area contributed by atoms with Gasteiger partial charge < -0.3 is 19.5 Å². The highest BCUT2D eigenvalue weighted by Crippen LogP contribution is 2.41. The van der Waals surface area contributed by atoms with Gasteiger partial charge in [0.25, 0.3) is 0 Å². The van der Waals surface area contributed by atoms with Gasteiger partial charge in [-0.2, -0.15) is 5.26 Å². The van der Waals surface area contributed by atoms with Gasteiger partial charge in [-0.05, 0) is 18.2 Å². The molecule has 1 aromatic heterocycles. The van der Waals surface area contributed by atoms with E-state index in [0.29, 0.717) is 39.5 Å². The number of ether oxygens (including phenoxy) is 3. The van der Waals surface area contributed by atoms with E-state index in [2.05, 4.69) is 16.4 Å². The molecular formula is C19H16FN3O3. The Bertz CT molecular complexity index is 990. The van der Waals surface area contributed by atoms with Crippen LogP contribution in [0.15, 0.2) is 36.5 Å². The molecule has 6 nitrogen and oxygen atoms in total. The molecule has 0 atom stereocenters. The van der Waals surface area contributed by atoms with Gasteiger partial charge in [0.05, 0.1) is 38.1 Å². The van der Waals surface area contributed by atoms with Crippen molar-refractivity contribution in [3.63, 3.8) is 0 Å². The monoisotopic (exact) mass is 353 g/mol. The lowest BCUT2D eigenvalue weighted by Crippen LogP contribution is -2.00. The van der Waals surface area contributed by atoms with Crippen LogP contribution in [0.3, 0.4) is 0 Å². The minimum Gasteiger partial charge on any atom is -0.493 e. The molecule has 26 heavy (non-hydrogen) atoms. The highest BCUT2D eigenvalue weighted by Gasteiger charge is 2.16. The number of methoxy groups -OCH3 is 3. The Kier molecular flexibility index (Phi) is 4.76. The van der Waals surface area contributed by atoms with E-state index in [9.17, 15) is 9.65 Å². The number of benzene rings is 2. The SMILES string of the molecule is COc1cc(Nc2c(C#N)cnc3ccc(F)cc23)cc(OC)c1OC. The first-order valence-electron chi connectivity index (χ1n) is 7.66. The highest BCUT2D eigenvalue weighted by atomic mass is 19.1. The molecular weight excluding hydrogens is 337 g/mol. The highest BCUT2D eigenvalue weighted by molar-refractivity contribution is 5.96. The number of nitriles is 1. The van der Waals surface area contributed by atoms with Crippen LogP contribution in [0.1, 0.15) is 5.56 Å². The molecule has 0 saturated heterocycles. The molecule has 3 rings (SSSR count). The van der Waals surface area contributed by atoms with Crippen molar-refractivity contribution in [2.75, 3.05) is 26.6 Å². The van der Waals surface area contributed by atoms with E-state index in [4.69, 9.17) is 14.2 Å². The largest absolute Gasteiger partial charge is 0.493 e. The van der Waals surface area contributed by atoms with Gasteiger partial charge in [0.1, 0.15) is 11.9 Å². The van der Waals surface area contributed by atoms with Crippen molar-refractivity contribution in [3.8, 4) is 23.3 Å². The van der Waals surface area contributed by atoms with Crippen LogP contribution in [-0.4, -0.2) is 26.3 Å². The molecule has 0 spiro atoms. The third-order valence-electron chi connectivity index (χ3n) is 3.88. The molecule has 0 aliphatic heterocycles. The summed E-state index contributed by atoms with van der Waals surface area (Å²) in [5, 5.41) is 13.1. The van der Waals surface area contributed by atoms with Gasteiger partial charge in [-0.15, -0.1) is 0 Å². The number of nitrogens with one attached hydrogen (secondary N) is 1. The Morgan fingerprint density at radius 2 is 1.73 bits per heavy atom. The second-order valence-corrected chi connectivity index (χ2v) is 5.36. The van der Waals surface area contributed by atoms with Crippen molar-refractivity contribution in [1.29, 1.82) is 5.26 Å². The van der Waals surface area contributed by atoms with Gasteiger partial charge in [-0.1, -0.05) is 0 Å². The Morgan fingerprint density at radius 3 is 2.31 bits per heavy atom. The normalized spacial score (nSPS) is 10.3. The third-order valence-corrected chi connectivity index (χ3v) is 3.88. The Balaban J connectivity index is 2.17. The second-order valence-electron chi connectivity index (χ2n) is 5.36. The molecule has 0 radical (unpaired) electrons. The zero-order chi connectivity index (χ0) is 18.7. The molecule has 0 bridgehead atoms. The summed E-state index contributed by atoms with van der Waals surface area (Å²) >= 11 is 0. The van der Waals surface area contributed by atoms with Gasteiger partial charge in [0, 0.05) is 29.4 Å². The second kappa shape index (κ2) is 7.15. The number of fused-ring (bicyclic) bond motifs is 1. The van der Waals surface area contributed by atoms with Gasteiger partial charge >= 0.3 is 0 Å². The summed E-state index contributed by atoms with van der Waals surface area (Å²) in [6, 6.07) is 9.70. The van der Waals surface area contributed by atoms with Crippen LogP contribution in [-0.2, 0) is 0 Å². The zero-order valence-electron chi connectivity index (χ0n) is 14.5. The van der Waals surface area contributed by atoms with Crippen molar-refractivity contribution in [2.45, 2.75) is 0 Å². The summed E-state index contributed by atoms with van der Waals surface area (Å²) in [6.45, 7) is 0. The number of aromatic nitrogens is 1. The predicted molar refractivity (Wildman–Crippen MR) is 95.8 cm³/mol. The first-order chi connectivity index (χ1) is 12.6. The van der Waals surface area contributed by atoms with Crippen molar-refractivity contribution >= 4 is 22.3 Å². The first-order valence-corrected chi connectivity index (χ1v) is 7.66. The lowest BCUT2D eigenvalue weighted by atomic mass is 10.1. The maximum Gasteiger partial charge on any atom is 0.203 e. The van der Waals surface area contributed by atoms with E-state index in [-0.39, 0.29) is 5.56 Å². The van der Waals surface area contributed by atoms with Crippen LogP contribution in [0, 0.1) is 17.1 Å². The number of pyridine rings is 1. The molecule has 0 amide bonds. The minimum atomic E-state index is -0.415. The van der Waals surface area contributed by atoms with E-state index in [1.54, 1.807) is 18.2 Å². The van der Waals surface area contributed by atoms with Crippen LogP contribution >= 0.6 is 0 Å². The Hall–Kier alpha value is -3.53. The number of rotatable bonds is 5. The van der Waals surface area contributed by atoms with E-state index in [0.717, 1.165) is 0 Å². The molecule has 0 unspecified atom stereocenters. The molecule has 1 heterocycles. The quantitative estimate of drug-likeness (QED) is 0.747. The third kappa shape index (κ3) is 3.05. The fourth-order valence-corrected chi connectivity index (χ4v) is 2.68. The topological polar surface area (TPSA) is 76.4 Å². The summed E-state index contributed by atoms with van der Waals surface area (Å²) < 4.78 is 29.7. The predicted octanol–water partition coefficient (Wildman–Crippen LogP) is 4.01. The molecule has 2 aromatic carbocycles. The van der Waals surface area contributed by atoms with Crippen LogP contribution < -0.4 is 19.5 Å². The van der Waals surface area contributed by atoms with Gasteiger partial charge in [0.2, 0.25) is 5.75 Å². The van der Waals surface area contributed by atoms with E-state index >= 15 is 0 Å². The number of hydrogen-bond donors (Lipinski definition) is 1. The molecule has 7 heteroatoms. The van der Waals surface area contributed by atoms with Crippen LogP contribution in [0.2, 0.25) is 0 Å². The average molecular weight is 353 g/mol. The number of hydrogen-bond acceptors (Lipinski definition) is 6. The Morgan fingerprint density at radius 1 is 1.04 bits per heavy atom. The summed E-state index contributed by atoms with van der Waals surface area (Å²) in [7, 11) is 4.54. The molecule has 1 N–H and O–H groups in total. The fraction of sp³-hybridized carbons (Fsp3) is 0.158. The standard InChI is InChI=1S/C19H16FN3O3/c1-24-16-7-13(8-17(25-2)19(16)26-3)23-18-11(9-21)10-22-15-5-4-12(20)6-14(15)18/h4-8,10H,1-3H3,(H,22,23). The van der Waals surface area contributed by atoms with Gasteiger partial charge in [-0.25, -0.2) is 4.39 Å². The summed E-state index contributed by atoms with van der Waals surface area (Å²) in [6.07, 6.45) is 1.44. The van der Waals surface area contributed by atoms with Crippen molar-refractivity contribution in [3.05, 3.63) is 47.9 Å². The smallest absolute Gasteiger partial charge is 0.203 e. The molecule has 0 aliphatic carbocycles. The van der Waals surface area contributed by atoms with Crippen molar-refractivity contribution < 1.29 is 18.6 Å². The van der Waals surface area contributed by atoms with Gasteiger partial charge in [0.15, 0.2) is 11.5 Å². The molecule has 0 saturated carbocycles. The minimum absolute atomic E-state index is 0.289. The van der Waals surface area contributed by atoms with E-state index in [1.807, 2.05) is 0 Å².